The number of aliphatic hydroxyl groups is 1. The molecule has 0 aromatic heterocycles. The molecule has 0 radical (unpaired) electrons. The number of rotatable bonds is 4. The summed E-state index contributed by atoms with van der Waals surface area (Å²) in [6, 6.07) is 7.80. The highest BCUT2D eigenvalue weighted by Crippen LogP contribution is 2.42. The zero-order valence-electron chi connectivity index (χ0n) is 12.1. The predicted molar refractivity (Wildman–Crippen MR) is 75.4 cm³/mol. The van der Waals surface area contributed by atoms with Crippen LogP contribution in [0.15, 0.2) is 24.3 Å². The van der Waals surface area contributed by atoms with E-state index in [4.69, 9.17) is 9.47 Å². The lowest BCUT2D eigenvalue weighted by Gasteiger charge is -2.37. The van der Waals surface area contributed by atoms with Crippen molar-refractivity contribution in [2.45, 2.75) is 57.3 Å². The van der Waals surface area contributed by atoms with Crippen molar-refractivity contribution in [3.63, 3.8) is 0 Å². The van der Waals surface area contributed by atoms with Crippen LogP contribution in [-0.2, 0) is 10.3 Å². The summed E-state index contributed by atoms with van der Waals surface area (Å²) < 4.78 is 11.3. The fraction of sp³-hybridized carbons (Fsp3) is 0.625. The van der Waals surface area contributed by atoms with Crippen molar-refractivity contribution in [2.75, 3.05) is 7.11 Å². The molecule has 1 N–H and O–H groups in total. The highest BCUT2D eigenvalue weighted by Gasteiger charge is 2.38. The molecule has 0 bridgehead atoms. The van der Waals surface area contributed by atoms with Crippen LogP contribution >= 0.6 is 0 Å². The van der Waals surface area contributed by atoms with Crippen LogP contribution < -0.4 is 4.74 Å². The van der Waals surface area contributed by atoms with Gasteiger partial charge in [-0.05, 0) is 39.2 Å². The van der Waals surface area contributed by atoms with Gasteiger partial charge in [0, 0.05) is 19.1 Å². The Labute approximate surface area is 115 Å². The molecular formula is C16H24O3. The van der Waals surface area contributed by atoms with Gasteiger partial charge in [0.2, 0.25) is 0 Å². The van der Waals surface area contributed by atoms with Gasteiger partial charge >= 0.3 is 0 Å². The van der Waals surface area contributed by atoms with E-state index in [0.717, 1.165) is 30.6 Å². The van der Waals surface area contributed by atoms with E-state index in [-0.39, 0.29) is 12.2 Å². The molecule has 1 aliphatic carbocycles. The summed E-state index contributed by atoms with van der Waals surface area (Å²) >= 11 is 0. The quantitative estimate of drug-likeness (QED) is 0.907. The van der Waals surface area contributed by atoms with Crippen LogP contribution in [0.2, 0.25) is 0 Å². The fourth-order valence-electron chi connectivity index (χ4n) is 2.86. The Hall–Kier alpha value is -1.06. The van der Waals surface area contributed by atoms with Gasteiger partial charge in [-0.2, -0.15) is 0 Å². The minimum Gasteiger partial charge on any atom is -0.491 e. The molecule has 106 valence electrons. The summed E-state index contributed by atoms with van der Waals surface area (Å²) in [5.41, 5.74) is 0.0650. The second-order valence-corrected chi connectivity index (χ2v) is 5.65. The minimum atomic E-state index is -0.829. The first kappa shape index (κ1) is 14.4. The van der Waals surface area contributed by atoms with Gasteiger partial charge in [-0.3, -0.25) is 0 Å². The van der Waals surface area contributed by atoms with Crippen molar-refractivity contribution in [3.8, 4) is 5.75 Å². The van der Waals surface area contributed by atoms with E-state index in [0.29, 0.717) is 6.42 Å². The molecule has 19 heavy (non-hydrogen) atoms. The van der Waals surface area contributed by atoms with Crippen molar-refractivity contribution in [1.29, 1.82) is 0 Å². The molecular weight excluding hydrogens is 240 g/mol. The molecule has 2 unspecified atom stereocenters. The maximum atomic E-state index is 11.0. The Balaban J connectivity index is 2.28. The van der Waals surface area contributed by atoms with Crippen LogP contribution in [0, 0.1) is 0 Å². The second-order valence-electron chi connectivity index (χ2n) is 5.65. The van der Waals surface area contributed by atoms with E-state index in [1.807, 2.05) is 38.1 Å². The standard InChI is InChI=1S/C16H24O3/c1-12(2)19-15-9-5-4-8-14(15)16(17)10-6-7-13(11-16)18-3/h4-5,8-9,12-13,17H,6-7,10-11H2,1-3H3. The third-order valence-corrected chi connectivity index (χ3v) is 3.77. The first-order valence-electron chi connectivity index (χ1n) is 7.06. The summed E-state index contributed by atoms with van der Waals surface area (Å²) in [4.78, 5) is 0. The molecule has 2 rings (SSSR count). The molecule has 2 atom stereocenters. The zero-order valence-corrected chi connectivity index (χ0v) is 12.1. The Morgan fingerprint density at radius 2 is 2.05 bits per heavy atom. The third kappa shape index (κ3) is 3.28. The van der Waals surface area contributed by atoms with Crippen LogP contribution in [0.5, 0.6) is 5.75 Å². The lowest BCUT2D eigenvalue weighted by atomic mass is 9.78. The molecule has 0 aliphatic heterocycles. The van der Waals surface area contributed by atoms with Crippen molar-refractivity contribution in [2.24, 2.45) is 0 Å². The number of methoxy groups -OCH3 is 1. The van der Waals surface area contributed by atoms with E-state index in [1.165, 1.54) is 0 Å². The molecule has 0 spiro atoms. The summed E-state index contributed by atoms with van der Waals surface area (Å²) in [7, 11) is 1.72. The van der Waals surface area contributed by atoms with E-state index in [1.54, 1.807) is 7.11 Å². The first-order chi connectivity index (χ1) is 9.05. The lowest BCUT2D eigenvalue weighted by Crippen LogP contribution is -2.36. The van der Waals surface area contributed by atoms with Gasteiger partial charge < -0.3 is 14.6 Å². The number of ether oxygens (including phenoxy) is 2. The first-order valence-corrected chi connectivity index (χ1v) is 7.06. The van der Waals surface area contributed by atoms with Crippen LogP contribution in [0.1, 0.15) is 45.1 Å². The third-order valence-electron chi connectivity index (χ3n) is 3.77. The van der Waals surface area contributed by atoms with Gasteiger partial charge in [0.05, 0.1) is 17.8 Å². The van der Waals surface area contributed by atoms with Crippen molar-refractivity contribution < 1.29 is 14.6 Å². The largest absolute Gasteiger partial charge is 0.491 e. The molecule has 1 saturated carbocycles. The van der Waals surface area contributed by atoms with Crippen molar-refractivity contribution in [3.05, 3.63) is 29.8 Å². The van der Waals surface area contributed by atoms with E-state index >= 15 is 0 Å². The van der Waals surface area contributed by atoms with Gasteiger partial charge in [0.15, 0.2) is 0 Å². The fourth-order valence-corrected chi connectivity index (χ4v) is 2.86. The molecule has 1 aliphatic rings. The van der Waals surface area contributed by atoms with Gasteiger partial charge in [0.25, 0.3) is 0 Å². The number of hydrogen-bond acceptors (Lipinski definition) is 3. The highest BCUT2D eigenvalue weighted by atomic mass is 16.5. The predicted octanol–water partition coefficient (Wildman–Crippen LogP) is 3.25. The highest BCUT2D eigenvalue weighted by molar-refractivity contribution is 5.38. The van der Waals surface area contributed by atoms with Gasteiger partial charge in [-0.15, -0.1) is 0 Å². The molecule has 1 fully saturated rings. The Morgan fingerprint density at radius 1 is 1.32 bits per heavy atom. The molecule has 1 aromatic rings. The monoisotopic (exact) mass is 264 g/mol. The maximum Gasteiger partial charge on any atom is 0.125 e. The summed E-state index contributed by atoms with van der Waals surface area (Å²) in [5, 5.41) is 11.0. The molecule has 3 heteroatoms. The van der Waals surface area contributed by atoms with Crippen molar-refractivity contribution >= 4 is 0 Å². The second kappa shape index (κ2) is 5.93. The van der Waals surface area contributed by atoms with Crippen molar-refractivity contribution in [1.82, 2.24) is 0 Å². The zero-order chi connectivity index (χ0) is 13.9. The molecule has 3 nitrogen and oxygen atoms in total. The van der Waals surface area contributed by atoms with Crippen LogP contribution in [0.3, 0.4) is 0 Å². The molecule has 1 aromatic carbocycles. The SMILES string of the molecule is COC1CCCC(O)(c2ccccc2OC(C)C)C1. The average molecular weight is 264 g/mol. The topological polar surface area (TPSA) is 38.7 Å². The minimum absolute atomic E-state index is 0.103. The Kier molecular flexibility index (Phi) is 4.48. The van der Waals surface area contributed by atoms with E-state index in [2.05, 4.69) is 0 Å². The lowest BCUT2D eigenvalue weighted by molar-refractivity contribution is -0.0646. The Bertz CT molecular complexity index is 416. The van der Waals surface area contributed by atoms with Gasteiger partial charge in [-0.1, -0.05) is 18.2 Å². The maximum absolute atomic E-state index is 11.0. The van der Waals surface area contributed by atoms with Gasteiger partial charge in [0.1, 0.15) is 5.75 Å². The van der Waals surface area contributed by atoms with Crippen LogP contribution in [-0.4, -0.2) is 24.4 Å². The smallest absolute Gasteiger partial charge is 0.125 e. The van der Waals surface area contributed by atoms with Crippen LogP contribution in [0.25, 0.3) is 0 Å². The number of hydrogen-bond donors (Lipinski definition) is 1. The van der Waals surface area contributed by atoms with E-state index in [9.17, 15) is 5.11 Å². The van der Waals surface area contributed by atoms with E-state index < -0.39 is 5.60 Å². The number of para-hydroxylation sites is 1. The summed E-state index contributed by atoms with van der Waals surface area (Å²) in [5.74, 6) is 0.789. The summed E-state index contributed by atoms with van der Waals surface area (Å²) in [6.45, 7) is 4.00. The van der Waals surface area contributed by atoms with Crippen LogP contribution in [0.4, 0.5) is 0 Å². The number of benzene rings is 1. The molecule has 0 saturated heterocycles. The normalized spacial score (nSPS) is 27.5. The average Bonchev–Trinajstić information content (AvgIpc) is 2.38. The summed E-state index contributed by atoms with van der Waals surface area (Å²) in [6.07, 6.45) is 3.64. The molecule has 0 amide bonds. The van der Waals surface area contributed by atoms with Gasteiger partial charge in [-0.25, -0.2) is 0 Å². The molecule has 0 heterocycles. The Morgan fingerprint density at radius 3 is 2.74 bits per heavy atom.